The molecule has 112 valence electrons. The van der Waals surface area contributed by atoms with E-state index >= 15 is 0 Å². The number of alkyl carbamates (subject to hydrolysis) is 1. The summed E-state index contributed by atoms with van der Waals surface area (Å²) in [5.74, 6) is 0.435. The van der Waals surface area contributed by atoms with Gasteiger partial charge in [0.25, 0.3) is 0 Å². The topological polar surface area (TPSA) is 58.6 Å². The Morgan fingerprint density at radius 1 is 1.29 bits per heavy atom. The van der Waals surface area contributed by atoms with Crippen molar-refractivity contribution < 1.29 is 14.3 Å². The highest BCUT2D eigenvalue weighted by atomic mass is 16.5. The number of ether oxygens (including phenoxy) is 1. The fourth-order valence-corrected chi connectivity index (χ4v) is 2.69. The lowest BCUT2D eigenvalue weighted by molar-refractivity contribution is -0.128. The van der Waals surface area contributed by atoms with Crippen LogP contribution in [0.4, 0.5) is 4.79 Å². The summed E-state index contributed by atoms with van der Waals surface area (Å²) in [6, 6.07) is 10.0. The van der Waals surface area contributed by atoms with Crippen LogP contribution in [0.3, 0.4) is 0 Å². The van der Waals surface area contributed by atoms with Gasteiger partial charge in [-0.05, 0) is 18.4 Å². The van der Waals surface area contributed by atoms with Crippen LogP contribution in [0.1, 0.15) is 24.8 Å². The maximum Gasteiger partial charge on any atom is 0.407 e. The average molecular weight is 288 g/mol. The van der Waals surface area contributed by atoms with Gasteiger partial charge in [0, 0.05) is 31.5 Å². The van der Waals surface area contributed by atoms with Crippen LogP contribution in [0.5, 0.6) is 0 Å². The zero-order chi connectivity index (χ0) is 14.7. The van der Waals surface area contributed by atoms with E-state index in [4.69, 9.17) is 4.74 Å². The van der Waals surface area contributed by atoms with Gasteiger partial charge in [-0.15, -0.1) is 0 Å². The standard InChI is InChI=1S/C16H20N2O3/c19-15-8-13(10-18(15)14-6-7-14)9-17-16(20)21-11-12-4-2-1-3-5-12/h1-5,13-14H,6-11H2,(H,17,20). The number of hydrogen-bond acceptors (Lipinski definition) is 3. The van der Waals surface area contributed by atoms with Crippen LogP contribution in [0.2, 0.25) is 0 Å². The van der Waals surface area contributed by atoms with Crippen LogP contribution in [0.25, 0.3) is 0 Å². The molecular formula is C16H20N2O3. The Morgan fingerprint density at radius 3 is 2.76 bits per heavy atom. The molecule has 1 N–H and O–H groups in total. The van der Waals surface area contributed by atoms with Crippen molar-refractivity contribution in [2.75, 3.05) is 13.1 Å². The molecule has 1 unspecified atom stereocenters. The van der Waals surface area contributed by atoms with Gasteiger partial charge in [0.05, 0.1) is 0 Å². The zero-order valence-corrected chi connectivity index (χ0v) is 12.0. The second kappa shape index (κ2) is 6.16. The first kappa shape index (κ1) is 13.9. The molecule has 5 heteroatoms. The van der Waals surface area contributed by atoms with E-state index in [-0.39, 0.29) is 18.4 Å². The van der Waals surface area contributed by atoms with Gasteiger partial charge < -0.3 is 15.0 Å². The third-order valence-corrected chi connectivity index (χ3v) is 3.97. The lowest BCUT2D eigenvalue weighted by Crippen LogP contribution is -2.32. The first-order chi connectivity index (χ1) is 10.2. The Kier molecular flexibility index (Phi) is 4.08. The van der Waals surface area contributed by atoms with Crippen molar-refractivity contribution >= 4 is 12.0 Å². The highest BCUT2D eigenvalue weighted by Crippen LogP contribution is 2.32. The van der Waals surface area contributed by atoms with Gasteiger partial charge in [-0.2, -0.15) is 0 Å². The molecule has 0 bridgehead atoms. The Hall–Kier alpha value is -2.04. The molecule has 0 radical (unpaired) electrons. The van der Waals surface area contributed by atoms with E-state index in [1.807, 2.05) is 35.2 Å². The van der Waals surface area contributed by atoms with E-state index in [9.17, 15) is 9.59 Å². The molecule has 1 atom stereocenters. The van der Waals surface area contributed by atoms with Gasteiger partial charge in [0.2, 0.25) is 5.91 Å². The van der Waals surface area contributed by atoms with Gasteiger partial charge in [-0.1, -0.05) is 30.3 Å². The quantitative estimate of drug-likeness (QED) is 0.900. The molecule has 1 saturated heterocycles. The maximum atomic E-state index is 11.8. The smallest absolute Gasteiger partial charge is 0.407 e. The normalized spacial score (nSPS) is 21.4. The fourth-order valence-electron chi connectivity index (χ4n) is 2.69. The van der Waals surface area contributed by atoms with Crippen LogP contribution >= 0.6 is 0 Å². The highest BCUT2D eigenvalue weighted by Gasteiger charge is 2.39. The fraction of sp³-hybridized carbons (Fsp3) is 0.500. The van der Waals surface area contributed by atoms with Gasteiger partial charge in [0.15, 0.2) is 0 Å². The number of nitrogens with zero attached hydrogens (tertiary/aromatic N) is 1. The minimum atomic E-state index is -0.420. The third kappa shape index (κ3) is 3.74. The van der Waals surface area contributed by atoms with Crippen molar-refractivity contribution in [1.29, 1.82) is 0 Å². The molecule has 1 heterocycles. The van der Waals surface area contributed by atoms with Crippen molar-refractivity contribution in [3.05, 3.63) is 35.9 Å². The lowest BCUT2D eigenvalue weighted by Gasteiger charge is -2.15. The summed E-state index contributed by atoms with van der Waals surface area (Å²) in [7, 11) is 0. The molecule has 2 fully saturated rings. The molecule has 21 heavy (non-hydrogen) atoms. The molecule has 2 amide bonds. The van der Waals surface area contributed by atoms with Gasteiger partial charge >= 0.3 is 6.09 Å². The second-order valence-corrected chi connectivity index (χ2v) is 5.79. The molecular weight excluding hydrogens is 268 g/mol. The molecule has 2 aliphatic rings. The number of benzene rings is 1. The minimum Gasteiger partial charge on any atom is -0.445 e. The van der Waals surface area contributed by atoms with Crippen molar-refractivity contribution in [3.8, 4) is 0 Å². The van der Waals surface area contributed by atoms with Crippen molar-refractivity contribution in [2.24, 2.45) is 5.92 Å². The third-order valence-electron chi connectivity index (χ3n) is 3.97. The van der Waals surface area contributed by atoms with Crippen molar-refractivity contribution in [3.63, 3.8) is 0 Å². The zero-order valence-electron chi connectivity index (χ0n) is 12.0. The molecule has 3 rings (SSSR count). The molecule has 1 aromatic rings. The highest BCUT2D eigenvalue weighted by molar-refractivity contribution is 5.79. The summed E-state index contributed by atoms with van der Waals surface area (Å²) in [4.78, 5) is 25.4. The first-order valence-electron chi connectivity index (χ1n) is 7.46. The second-order valence-electron chi connectivity index (χ2n) is 5.79. The van der Waals surface area contributed by atoms with Gasteiger partial charge in [-0.25, -0.2) is 4.79 Å². The average Bonchev–Trinajstić information content (AvgIpc) is 3.27. The van der Waals surface area contributed by atoms with E-state index < -0.39 is 6.09 Å². The summed E-state index contributed by atoms with van der Waals surface area (Å²) in [6.07, 6.45) is 2.38. The number of amides is 2. The van der Waals surface area contributed by atoms with Gasteiger partial charge in [0.1, 0.15) is 6.61 Å². The summed E-state index contributed by atoms with van der Waals surface area (Å²) in [6.45, 7) is 1.54. The van der Waals surface area contributed by atoms with Crippen molar-refractivity contribution in [2.45, 2.75) is 31.9 Å². The summed E-state index contributed by atoms with van der Waals surface area (Å²) in [5.41, 5.74) is 0.962. The lowest BCUT2D eigenvalue weighted by atomic mass is 10.1. The molecule has 0 aromatic heterocycles. The largest absolute Gasteiger partial charge is 0.445 e. The number of nitrogens with one attached hydrogen (secondary N) is 1. The molecule has 1 saturated carbocycles. The predicted molar refractivity (Wildman–Crippen MR) is 77.5 cm³/mol. The predicted octanol–water partition coefficient (Wildman–Crippen LogP) is 1.92. The number of carbonyl (C=O) groups is 2. The minimum absolute atomic E-state index is 0.211. The number of likely N-dealkylation sites (tertiary alicyclic amines) is 1. The van der Waals surface area contributed by atoms with E-state index in [0.717, 1.165) is 24.9 Å². The monoisotopic (exact) mass is 288 g/mol. The summed E-state index contributed by atoms with van der Waals surface area (Å²) >= 11 is 0. The Morgan fingerprint density at radius 2 is 2.05 bits per heavy atom. The Balaban J connectivity index is 1.37. The SMILES string of the molecule is O=C(NCC1CC(=O)N(C2CC2)C1)OCc1ccccc1. The molecule has 1 aliphatic heterocycles. The molecule has 1 aromatic carbocycles. The maximum absolute atomic E-state index is 11.8. The van der Waals surface area contributed by atoms with E-state index in [0.29, 0.717) is 19.0 Å². The van der Waals surface area contributed by atoms with Crippen LogP contribution in [-0.4, -0.2) is 36.0 Å². The molecule has 5 nitrogen and oxygen atoms in total. The van der Waals surface area contributed by atoms with Crippen LogP contribution in [0.15, 0.2) is 30.3 Å². The van der Waals surface area contributed by atoms with Crippen LogP contribution in [-0.2, 0) is 16.1 Å². The summed E-state index contributed by atoms with van der Waals surface area (Å²) < 4.78 is 5.15. The van der Waals surface area contributed by atoms with Gasteiger partial charge in [-0.3, -0.25) is 4.79 Å². The van der Waals surface area contributed by atoms with E-state index in [2.05, 4.69) is 5.32 Å². The van der Waals surface area contributed by atoms with E-state index in [1.54, 1.807) is 0 Å². The van der Waals surface area contributed by atoms with Crippen molar-refractivity contribution in [1.82, 2.24) is 10.2 Å². The number of hydrogen-bond donors (Lipinski definition) is 1. The van der Waals surface area contributed by atoms with E-state index in [1.165, 1.54) is 0 Å². The number of rotatable bonds is 5. The summed E-state index contributed by atoms with van der Waals surface area (Å²) in [5, 5.41) is 2.76. The molecule has 0 spiro atoms. The Bertz CT molecular complexity index is 514. The Labute approximate surface area is 124 Å². The molecule has 1 aliphatic carbocycles. The first-order valence-corrected chi connectivity index (χ1v) is 7.46. The number of carbonyl (C=O) groups excluding carboxylic acids is 2. The van der Waals surface area contributed by atoms with Crippen LogP contribution < -0.4 is 5.32 Å². The van der Waals surface area contributed by atoms with Crippen LogP contribution in [0, 0.1) is 5.92 Å².